The van der Waals surface area contributed by atoms with Crippen LogP contribution in [-0.2, 0) is 11.3 Å². The van der Waals surface area contributed by atoms with Gasteiger partial charge in [-0.05, 0) is 71.3 Å². The lowest BCUT2D eigenvalue weighted by molar-refractivity contribution is -0.127. The molecule has 2 fully saturated rings. The Balaban J connectivity index is 1.47. The SMILES string of the molecule is CC(C)N1CCC(N2CCCC(C(=O)NCc3ccccn3)C2)CC1. The van der Waals surface area contributed by atoms with Gasteiger partial charge in [-0.2, -0.15) is 0 Å². The number of nitrogens with zero attached hydrogens (tertiary/aromatic N) is 3. The van der Waals surface area contributed by atoms with Crippen LogP contribution in [0.2, 0.25) is 0 Å². The minimum Gasteiger partial charge on any atom is -0.350 e. The lowest BCUT2D eigenvalue weighted by Gasteiger charge is -2.43. The van der Waals surface area contributed by atoms with E-state index in [1.54, 1.807) is 6.20 Å². The molecule has 1 N–H and O–H groups in total. The Bertz CT molecular complexity index is 540. The predicted octanol–water partition coefficient (Wildman–Crippen LogP) is 2.28. The summed E-state index contributed by atoms with van der Waals surface area (Å²) in [6, 6.07) is 7.11. The van der Waals surface area contributed by atoms with Gasteiger partial charge in [0.1, 0.15) is 0 Å². The van der Waals surface area contributed by atoms with E-state index >= 15 is 0 Å². The zero-order valence-electron chi connectivity index (χ0n) is 15.7. The number of carbonyl (C=O) groups is 1. The van der Waals surface area contributed by atoms with Gasteiger partial charge < -0.3 is 10.2 Å². The maximum absolute atomic E-state index is 12.6. The molecule has 0 aliphatic carbocycles. The molecular weight excluding hydrogens is 312 g/mol. The second-order valence-corrected chi connectivity index (χ2v) is 7.73. The Hall–Kier alpha value is -1.46. The summed E-state index contributed by atoms with van der Waals surface area (Å²) in [5.41, 5.74) is 0.921. The molecule has 1 amide bonds. The zero-order valence-corrected chi connectivity index (χ0v) is 15.7. The Morgan fingerprint density at radius 2 is 2.04 bits per heavy atom. The van der Waals surface area contributed by atoms with E-state index in [0.717, 1.165) is 31.6 Å². The molecule has 5 nitrogen and oxygen atoms in total. The third-order valence-corrected chi connectivity index (χ3v) is 5.74. The molecule has 2 aliphatic rings. The van der Waals surface area contributed by atoms with Gasteiger partial charge in [-0.15, -0.1) is 0 Å². The van der Waals surface area contributed by atoms with Crippen LogP contribution in [0.25, 0.3) is 0 Å². The van der Waals surface area contributed by atoms with Crippen molar-refractivity contribution in [3.63, 3.8) is 0 Å². The van der Waals surface area contributed by atoms with Crippen molar-refractivity contribution < 1.29 is 4.79 Å². The summed E-state index contributed by atoms with van der Waals surface area (Å²) in [4.78, 5) is 22.0. The minimum absolute atomic E-state index is 0.126. The van der Waals surface area contributed by atoms with E-state index in [1.807, 2.05) is 18.2 Å². The van der Waals surface area contributed by atoms with Gasteiger partial charge in [0, 0.05) is 24.8 Å². The molecule has 0 radical (unpaired) electrons. The average molecular weight is 345 g/mol. The number of aromatic nitrogens is 1. The molecule has 3 heterocycles. The second kappa shape index (κ2) is 8.77. The Morgan fingerprint density at radius 3 is 2.72 bits per heavy atom. The highest BCUT2D eigenvalue weighted by atomic mass is 16.1. The van der Waals surface area contributed by atoms with Gasteiger partial charge in [-0.25, -0.2) is 0 Å². The van der Waals surface area contributed by atoms with Gasteiger partial charge in [0.15, 0.2) is 0 Å². The molecule has 1 aromatic heterocycles. The molecule has 2 aliphatic heterocycles. The molecule has 0 saturated carbocycles. The van der Waals surface area contributed by atoms with Crippen LogP contribution in [0.3, 0.4) is 0 Å². The number of pyridine rings is 1. The van der Waals surface area contributed by atoms with E-state index in [-0.39, 0.29) is 11.8 Å². The number of piperidine rings is 2. The highest BCUT2D eigenvalue weighted by Crippen LogP contribution is 2.24. The molecular formula is C20H32N4O. The van der Waals surface area contributed by atoms with Gasteiger partial charge in [-0.3, -0.25) is 14.7 Å². The molecule has 0 spiro atoms. The fraction of sp³-hybridized carbons (Fsp3) is 0.700. The molecule has 25 heavy (non-hydrogen) atoms. The van der Waals surface area contributed by atoms with Crippen molar-refractivity contribution in [1.29, 1.82) is 0 Å². The Kier molecular flexibility index (Phi) is 6.43. The van der Waals surface area contributed by atoms with Crippen molar-refractivity contribution in [1.82, 2.24) is 20.1 Å². The maximum atomic E-state index is 12.6. The first-order valence-electron chi connectivity index (χ1n) is 9.79. The number of rotatable bonds is 5. The van der Waals surface area contributed by atoms with Crippen LogP contribution in [0, 0.1) is 5.92 Å². The number of nitrogens with one attached hydrogen (secondary N) is 1. The molecule has 1 aromatic rings. The number of amides is 1. The third kappa shape index (κ3) is 5.02. The zero-order chi connectivity index (χ0) is 17.6. The van der Waals surface area contributed by atoms with Crippen molar-refractivity contribution in [2.24, 2.45) is 5.92 Å². The fourth-order valence-corrected chi connectivity index (χ4v) is 4.14. The molecule has 1 unspecified atom stereocenters. The van der Waals surface area contributed by atoms with Crippen molar-refractivity contribution in [2.75, 3.05) is 26.2 Å². The van der Waals surface area contributed by atoms with Crippen LogP contribution >= 0.6 is 0 Å². The smallest absolute Gasteiger partial charge is 0.224 e. The number of hydrogen-bond donors (Lipinski definition) is 1. The minimum atomic E-state index is 0.126. The Morgan fingerprint density at radius 1 is 1.24 bits per heavy atom. The standard InChI is InChI=1S/C20H32N4O/c1-16(2)23-12-8-19(9-13-23)24-11-5-6-17(15-24)20(25)22-14-18-7-3-4-10-21-18/h3-4,7,10,16-17,19H,5-6,8-9,11-15H2,1-2H3,(H,22,25). The maximum Gasteiger partial charge on any atom is 0.224 e. The summed E-state index contributed by atoms with van der Waals surface area (Å²) in [6.45, 7) is 9.54. The highest BCUT2D eigenvalue weighted by molar-refractivity contribution is 5.78. The Labute approximate surface area is 151 Å². The topological polar surface area (TPSA) is 48.5 Å². The van der Waals surface area contributed by atoms with E-state index in [4.69, 9.17) is 0 Å². The van der Waals surface area contributed by atoms with Gasteiger partial charge in [0.2, 0.25) is 5.91 Å². The van der Waals surface area contributed by atoms with E-state index in [2.05, 4.69) is 33.9 Å². The quantitative estimate of drug-likeness (QED) is 0.890. The molecule has 0 bridgehead atoms. The monoisotopic (exact) mass is 344 g/mol. The number of likely N-dealkylation sites (tertiary alicyclic amines) is 2. The first kappa shape index (κ1) is 18.3. The van der Waals surface area contributed by atoms with Crippen molar-refractivity contribution >= 4 is 5.91 Å². The van der Waals surface area contributed by atoms with Crippen LogP contribution in [0.15, 0.2) is 24.4 Å². The van der Waals surface area contributed by atoms with Crippen molar-refractivity contribution in [2.45, 2.75) is 58.2 Å². The number of carbonyl (C=O) groups excluding carboxylic acids is 1. The predicted molar refractivity (Wildman–Crippen MR) is 100 cm³/mol. The van der Waals surface area contributed by atoms with Crippen molar-refractivity contribution in [3.05, 3.63) is 30.1 Å². The molecule has 3 rings (SSSR count). The normalized spacial score (nSPS) is 23.7. The van der Waals surface area contributed by atoms with Crippen molar-refractivity contribution in [3.8, 4) is 0 Å². The van der Waals surface area contributed by atoms with Crippen LogP contribution in [0.1, 0.15) is 45.2 Å². The van der Waals surface area contributed by atoms with Gasteiger partial charge >= 0.3 is 0 Å². The van der Waals surface area contributed by atoms with E-state index in [9.17, 15) is 4.79 Å². The van der Waals surface area contributed by atoms with Crippen LogP contribution < -0.4 is 5.32 Å². The molecule has 5 heteroatoms. The molecule has 1 atom stereocenters. The lowest BCUT2D eigenvalue weighted by Crippen LogP contribution is -2.51. The first-order chi connectivity index (χ1) is 12.1. The largest absolute Gasteiger partial charge is 0.350 e. The van der Waals surface area contributed by atoms with Gasteiger partial charge in [-0.1, -0.05) is 6.07 Å². The highest BCUT2D eigenvalue weighted by Gasteiger charge is 2.31. The summed E-state index contributed by atoms with van der Waals surface area (Å²) < 4.78 is 0. The second-order valence-electron chi connectivity index (χ2n) is 7.73. The van der Waals surface area contributed by atoms with Gasteiger partial charge in [0.25, 0.3) is 0 Å². The summed E-state index contributed by atoms with van der Waals surface area (Å²) in [5.74, 6) is 0.315. The fourth-order valence-electron chi connectivity index (χ4n) is 4.14. The summed E-state index contributed by atoms with van der Waals surface area (Å²) >= 11 is 0. The van der Waals surface area contributed by atoms with Crippen LogP contribution in [0.4, 0.5) is 0 Å². The summed E-state index contributed by atoms with van der Waals surface area (Å²) in [7, 11) is 0. The molecule has 0 aromatic carbocycles. The number of hydrogen-bond acceptors (Lipinski definition) is 4. The molecule has 138 valence electrons. The third-order valence-electron chi connectivity index (χ3n) is 5.74. The lowest BCUT2D eigenvalue weighted by atomic mass is 9.93. The van der Waals surface area contributed by atoms with Crippen LogP contribution in [0.5, 0.6) is 0 Å². The van der Waals surface area contributed by atoms with E-state index < -0.39 is 0 Å². The summed E-state index contributed by atoms with van der Waals surface area (Å²) in [5, 5.41) is 3.08. The van der Waals surface area contributed by atoms with E-state index in [1.165, 1.54) is 25.9 Å². The average Bonchev–Trinajstić information content (AvgIpc) is 2.67. The summed E-state index contributed by atoms with van der Waals surface area (Å²) in [6.07, 6.45) is 6.38. The first-order valence-corrected chi connectivity index (χ1v) is 9.79. The van der Waals surface area contributed by atoms with E-state index in [0.29, 0.717) is 18.6 Å². The van der Waals surface area contributed by atoms with Crippen LogP contribution in [-0.4, -0.2) is 59.0 Å². The van der Waals surface area contributed by atoms with Gasteiger partial charge in [0.05, 0.1) is 18.2 Å². The molecule has 2 saturated heterocycles.